The molecule has 0 bridgehead atoms. The summed E-state index contributed by atoms with van der Waals surface area (Å²) in [4.78, 5) is 15.6. The Bertz CT molecular complexity index is 560. The van der Waals surface area contributed by atoms with Gasteiger partial charge in [0.25, 0.3) is 0 Å². The number of hydrogen-bond acceptors (Lipinski definition) is 3. The Balaban J connectivity index is 1.71. The van der Waals surface area contributed by atoms with Gasteiger partial charge in [0.1, 0.15) is 12.8 Å². The Kier molecular flexibility index (Phi) is 5.84. The predicted octanol–water partition coefficient (Wildman–Crippen LogP) is 2.96. The van der Waals surface area contributed by atoms with Crippen LogP contribution in [0.25, 0.3) is 0 Å². The standard InChI is InChI=1S/C15H19F4N3O2/c1-9(16)8-24-13-4-10(2-3-20-13)7-21-14(23)22-12-5-11(6-12)15(17,18)19/h2-4,9,11-12H,5-8H2,1H3,(H2,21,22,23)/t9-,11-,12-/m1/s1. The monoisotopic (exact) mass is 349 g/mol. The Labute approximate surface area is 136 Å². The second kappa shape index (κ2) is 7.67. The lowest BCUT2D eigenvalue weighted by Gasteiger charge is -2.36. The molecule has 0 unspecified atom stereocenters. The van der Waals surface area contributed by atoms with Crippen molar-refractivity contribution in [1.29, 1.82) is 0 Å². The van der Waals surface area contributed by atoms with Gasteiger partial charge in [0, 0.05) is 24.8 Å². The van der Waals surface area contributed by atoms with E-state index in [4.69, 9.17) is 4.74 Å². The molecular weight excluding hydrogens is 330 g/mol. The molecule has 5 nitrogen and oxygen atoms in total. The Hall–Kier alpha value is -2.06. The highest BCUT2D eigenvalue weighted by molar-refractivity contribution is 5.74. The molecule has 0 aromatic carbocycles. The third-order valence-corrected chi connectivity index (χ3v) is 3.65. The van der Waals surface area contributed by atoms with Crippen LogP contribution in [-0.4, -0.2) is 36.0 Å². The summed E-state index contributed by atoms with van der Waals surface area (Å²) in [5.74, 6) is -1.09. The molecule has 1 saturated carbocycles. The lowest BCUT2D eigenvalue weighted by atomic mass is 9.80. The van der Waals surface area contributed by atoms with Crippen LogP contribution in [0, 0.1) is 5.92 Å². The third kappa shape index (κ3) is 5.54. The quantitative estimate of drug-likeness (QED) is 0.776. The van der Waals surface area contributed by atoms with E-state index in [1.165, 1.54) is 13.1 Å². The van der Waals surface area contributed by atoms with Gasteiger partial charge in [0.2, 0.25) is 5.88 Å². The molecule has 1 aromatic heterocycles. The van der Waals surface area contributed by atoms with E-state index in [1.807, 2.05) is 0 Å². The molecule has 2 N–H and O–H groups in total. The number of nitrogens with one attached hydrogen (secondary N) is 2. The van der Waals surface area contributed by atoms with Crippen LogP contribution < -0.4 is 15.4 Å². The molecule has 1 aromatic rings. The molecule has 1 fully saturated rings. The Morgan fingerprint density at radius 2 is 2.17 bits per heavy atom. The number of ether oxygens (including phenoxy) is 1. The van der Waals surface area contributed by atoms with Gasteiger partial charge in [-0.15, -0.1) is 0 Å². The molecular formula is C15H19F4N3O2. The molecule has 0 spiro atoms. The Morgan fingerprint density at radius 3 is 2.79 bits per heavy atom. The highest BCUT2D eigenvalue weighted by Crippen LogP contribution is 2.40. The molecule has 0 saturated heterocycles. The summed E-state index contributed by atoms with van der Waals surface area (Å²) in [7, 11) is 0. The van der Waals surface area contributed by atoms with E-state index in [0.29, 0.717) is 5.56 Å². The van der Waals surface area contributed by atoms with Crippen molar-refractivity contribution in [2.75, 3.05) is 6.61 Å². The average Bonchev–Trinajstić information content (AvgIpc) is 2.45. The van der Waals surface area contributed by atoms with E-state index >= 15 is 0 Å². The number of carbonyl (C=O) groups is 1. The second-order valence-electron chi connectivity index (χ2n) is 5.83. The van der Waals surface area contributed by atoms with Gasteiger partial charge < -0.3 is 15.4 Å². The number of urea groups is 1. The summed E-state index contributed by atoms with van der Waals surface area (Å²) in [5, 5.41) is 5.05. The van der Waals surface area contributed by atoms with Crippen LogP contribution >= 0.6 is 0 Å². The van der Waals surface area contributed by atoms with Gasteiger partial charge in [-0.1, -0.05) is 0 Å². The van der Waals surface area contributed by atoms with Crippen LogP contribution in [0.2, 0.25) is 0 Å². The maximum Gasteiger partial charge on any atom is 0.391 e. The lowest BCUT2D eigenvalue weighted by molar-refractivity contribution is -0.198. The van der Waals surface area contributed by atoms with E-state index in [1.54, 1.807) is 12.1 Å². The number of amides is 2. The molecule has 1 aliphatic carbocycles. The van der Waals surface area contributed by atoms with Gasteiger partial charge in [-0.05, 0) is 31.4 Å². The van der Waals surface area contributed by atoms with E-state index in [2.05, 4.69) is 15.6 Å². The van der Waals surface area contributed by atoms with E-state index in [9.17, 15) is 22.4 Å². The number of hydrogen-bond donors (Lipinski definition) is 2. The van der Waals surface area contributed by atoms with Crippen LogP contribution in [-0.2, 0) is 6.54 Å². The van der Waals surface area contributed by atoms with Crippen LogP contribution in [0.15, 0.2) is 18.3 Å². The summed E-state index contributed by atoms with van der Waals surface area (Å²) in [6.45, 7) is 1.40. The number of pyridine rings is 1. The largest absolute Gasteiger partial charge is 0.475 e. The van der Waals surface area contributed by atoms with Crippen LogP contribution in [0.5, 0.6) is 5.88 Å². The van der Waals surface area contributed by atoms with Crippen molar-refractivity contribution in [2.24, 2.45) is 5.92 Å². The van der Waals surface area contributed by atoms with Crippen LogP contribution in [0.1, 0.15) is 25.3 Å². The fraction of sp³-hybridized carbons (Fsp3) is 0.600. The zero-order chi connectivity index (χ0) is 17.7. The molecule has 24 heavy (non-hydrogen) atoms. The summed E-state index contributed by atoms with van der Waals surface area (Å²) in [5.41, 5.74) is 0.684. The van der Waals surface area contributed by atoms with Gasteiger partial charge >= 0.3 is 12.2 Å². The second-order valence-corrected chi connectivity index (χ2v) is 5.83. The summed E-state index contributed by atoms with van der Waals surface area (Å²) in [6, 6.07) is 2.22. The molecule has 9 heteroatoms. The van der Waals surface area contributed by atoms with Gasteiger partial charge in [-0.3, -0.25) is 0 Å². The lowest BCUT2D eigenvalue weighted by Crippen LogP contribution is -2.51. The first kappa shape index (κ1) is 18.3. The first-order chi connectivity index (χ1) is 11.2. The molecule has 1 heterocycles. The third-order valence-electron chi connectivity index (χ3n) is 3.65. The van der Waals surface area contributed by atoms with Crippen molar-refractivity contribution in [3.63, 3.8) is 0 Å². The smallest absolute Gasteiger partial charge is 0.391 e. The SMILES string of the molecule is C[C@@H](F)COc1cc(CNC(=O)N[C@H]2C[C@H](C(F)(F)F)C2)ccn1. The summed E-state index contributed by atoms with van der Waals surface area (Å²) < 4.78 is 54.9. The minimum Gasteiger partial charge on any atom is -0.475 e. The van der Waals surface area contributed by atoms with Gasteiger partial charge in [-0.2, -0.15) is 13.2 Å². The maximum atomic E-state index is 12.7. The first-order valence-electron chi connectivity index (χ1n) is 7.57. The van der Waals surface area contributed by atoms with Crippen molar-refractivity contribution in [3.05, 3.63) is 23.9 Å². The molecule has 1 aliphatic rings. The molecule has 2 amide bonds. The normalized spacial score (nSPS) is 21.5. The van der Waals surface area contributed by atoms with Crippen molar-refractivity contribution < 1.29 is 27.1 Å². The molecule has 0 radical (unpaired) electrons. The minimum atomic E-state index is -4.20. The fourth-order valence-electron chi connectivity index (χ4n) is 2.26. The van der Waals surface area contributed by atoms with Gasteiger partial charge in [0.15, 0.2) is 0 Å². The highest BCUT2D eigenvalue weighted by Gasteiger charge is 2.48. The molecule has 1 atom stereocenters. The topological polar surface area (TPSA) is 63.2 Å². The van der Waals surface area contributed by atoms with Crippen LogP contribution in [0.4, 0.5) is 22.4 Å². The zero-order valence-electron chi connectivity index (χ0n) is 13.1. The van der Waals surface area contributed by atoms with Crippen molar-refractivity contribution in [1.82, 2.24) is 15.6 Å². The number of carbonyl (C=O) groups excluding carboxylic acids is 1. The van der Waals surface area contributed by atoms with E-state index < -0.39 is 30.3 Å². The molecule has 134 valence electrons. The van der Waals surface area contributed by atoms with Crippen LogP contribution in [0.3, 0.4) is 0 Å². The minimum absolute atomic E-state index is 0.0917. The maximum absolute atomic E-state index is 12.7. The average molecular weight is 349 g/mol. The van der Waals surface area contributed by atoms with E-state index in [0.717, 1.165) is 0 Å². The van der Waals surface area contributed by atoms with Gasteiger partial charge in [-0.25, -0.2) is 14.2 Å². The predicted molar refractivity (Wildman–Crippen MR) is 78.2 cm³/mol. The van der Waals surface area contributed by atoms with Crippen molar-refractivity contribution >= 4 is 6.03 Å². The number of nitrogens with zero attached hydrogens (tertiary/aromatic N) is 1. The summed E-state index contributed by atoms with van der Waals surface area (Å²) >= 11 is 0. The molecule has 0 aliphatic heterocycles. The van der Waals surface area contributed by atoms with Gasteiger partial charge in [0.05, 0.1) is 5.92 Å². The Morgan fingerprint density at radius 1 is 1.46 bits per heavy atom. The summed E-state index contributed by atoms with van der Waals surface area (Å²) in [6.07, 6.45) is -4.04. The zero-order valence-corrected chi connectivity index (χ0v) is 13.1. The van der Waals surface area contributed by atoms with Crippen molar-refractivity contribution in [2.45, 2.75) is 44.7 Å². The number of rotatable bonds is 6. The number of alkyl halides is 4. The first-order valence-corrected chi connectivity index (χ1v) is 7.57. The number of aromatic nitrogens is 1. The number of halogens is 4. The fourth-order valence-corrected chi connectivity index (χ4v) is 2.26. The van der Waals surface area contributed by atoms with E-state index in [-0.39, 0.29) is 31.9 Å². The molecule has 2 rings (SSSR count). The van der Waals surface area contributed by atoms with Crippen molar-refractivity contribution in [3.8, 4) is 5.88 Å². The highest BCUT2D eigenvalue weighted by atomic mass is 19.4.